The van der Waals surface area contributed by atoms with Crippen LogP contribution in [0.3, 0.4) is 0 Å². The maximum atomic E-state index is 12.8. The molecule has 4 aromatic rings. The topological polar surface area (TPSA) is 52.8 Å². The molecule has 0 fully saturated rings. The van der Waals surface area contributed by atoms with Crippen LogP contribution in [0.5, 0.6) is 11.5 Å². The highest BCUT2D eigenvalue weighted by atomic mass is 32.1. The van der Waals surface area contributed by atoms with Gasteiger partial charge in [-0.15, -0.1) is 11.3 Å². The number of carbonyl (C=O) groups is 1. The normalized spacial score (nSPS) is 11.4. The van der Waals surface area contributed by atoms with E-state index < -0.39 is 0 Å². The largest absolute Gasteiger partial charge is 0.497 e. The number of benzene rings is 3. The number of nitrogens with zero attached hydrogens (tertiary/aromatic N) is 2. The van der Waals surface area contributed by atoms with E-state index in [2.05, 4.69) is 4.99 Å². The molecule has 31 heavy (non-hydrogen) atoms. The molecule has 1 heterocycles. The third kappa shape index (κ3) is 4.29. The Morgan fingerprint density at radius 2 is 1.42 bits per heavy atom. The van der Waals surface area contributed by atoms with Gasteiger partial charge in [-0.2, -0.15) is 4.99 Å². The van der Waals surface area contributed by atoms with Crippen molar-refractivity contribution in [2.75, 3.05) is 14.2 Å². The van der Waals surface area contributed by atoms with Gasteiger partial charge in [0.15, 0.2) is 4.80 Å². The third-order valence-corrected chi connectivity index (χ3v) is 5.86. The van der Waals surface area contributed by atoms with Gasteiger partial charge in [0.2, 0.25) is 0 Å². The van der Waals surface area contributed by atoms with E-state index in [9.17, 15) is 4.79 Å². The summed E-state index contributed by atoms with van der Waals surface area (Å²) in [5.74, 6) is 1.28. The minimum absolute atomic E-state index is 0.273. The molecule has 0 N–H and O–H groups in total. The fourth-order valence-electron chi connectivity index (χ4n) is 3.34. The van der Waals surface area contributed by atoms with E-state index in [-0.39, 0.29) is 5.91 Å². The lowest BCUT2D eigenvalue weighted by Gasteiger charge is -2.11. The summed E-state index contributed by atoms with van der Waals surface area (Å²) in [4.78, 5) is 19.0. The summed E-state index contributed by atoms with van der Waals surface area (Å²) in [5.41, 5.74) is 3.45. The second-order valence-electron chi connectivity index (χ2n) is 6.83. The summed E-state index contributed by atoms with van der Waals surface area (Å²) in [6.07, 6.45) is 0. The lowest BCUT2D eigenvalue weighted by Crippen LogP contribution is -2.16. The molecule has 0 unspecified atom stereocenters. The number of aromatic nitrogens is 1. The smallest absolute Gasteiger partial charge is 0.279 e. The first-order chi connectivity index (χ1) is 15.1. The number of amides is 1. The number of hydrogen-bond donors (Lipinski definition) is 0. The minimum atomic E-state index is -0.273. The van der Waals surface area contributed by atoms with E-state index in [0.717, 1.165) is 33.3 Å². The number of thiazole rings is 1. The van der Waals surface area contributed by atoms with Crippen LogP contribution in [0, 0.1) is 6.92 Å². The van der Waals surface area contributed by atoms with Crippen molar-refractivity contribution in [1.82, 2.24) is 4.57 Å². The SMILES string of the molecule is COc1ccc(-c2c(C)sc(=NC(=O)c3ccccc3)n2-c2ccc(OC)cc2)cc1. The number of hydrogen-bond acceptors (Lipinski definition) is 4. The predicted molar refractivity (Wildman–Crippen MR) is 123 cm³/mol. The molecule has 0 bridgehead atoms. The Balaban J connectivity index is 1.92. The molecule has 0 aliphatic rings. The van der Waals surface area contributed by atoms with E-state index in [4.69, 9.17) is 9.47 Å². The molecule has 0 aliphatic heterocycles. The van der Waals surface area contributed by atoms with Crippen molar-refractivity contribution in [3.8, 4) is 28.4 Å². The molecule has 5 nitrogen and oxygen atoms in total. The molecular weight excluding hydrogens is 408 g/mol. The maximum absolute atomic E-state index is 12.8. The molecule has 3 aromatic carbocycles. The molecule has 0 atom stereocenters. The van der Waals surface area contributed by atoms with Gasteiger partial charge >= 0.3 is 0 Å². The van der Waals surface area contributed by atoms with Gasteiger partial charge in [-0.3, -0.25) is 9.36 Å². The van der Waals surface area contributed by atoms with Crippen LogP contribution in [0.2, 0.25) is 0 Å². The number of carbonyl (C=O) groups excluding carboxylic acids is 1. The molecular formula is C25H22N2O3S. The van der Waals surface area contributed by atoms with E-state index in [1.807, 2.05) is 78.2 Å². The van der Waals surface area contributed by atoms with E-state index in [0.29, 0.717) is 10.4 Å². The fraction of sp³-hybridized carbons (Fsp3) is 0.120. The molecule has 0 radical (unpaired) electrons. The standard InChI is InChI=1S/C25H22N2O3S/c1-17-23(18-9-13-21(29-2)14-10-18)27(20-11-15-22(30-3)16-12-20)25(31-17)26-24(28)19-7-5-4-6-8-19/h4-16H,1-3H3. The molecule has 156 valence electrons. The van der Waals surface area contributed by atoms with Crippen molar-refractivity contribution < 1.29 is 14.3 Å². The number of methoxy groups -OCH3 is 2. The Morgan fingerprint density at radius 3 is 2.00 bits per heavy atom. The quantitative estimate of drug-likeness (QED) is 0.433. The summed E-state index contributed by atoms with van der Waals surface area (Å²) >= 11 is 1.49. The third-order valence-electron chi connectivity index (χ3n) is 4.90. The Hall–Kier alpha value is -3.64. The van der Waals surface area contributed by atoms with E-state index in [1.54, 1.807) is 26.4 Å². The average Bonchev–Trinajstić information content (AvgIpc) is 3.15. The highest BCUT2D eigenvalue weighted by Gasteiger charge is 2.16. The number of rotatable bonds is 5. The van der Waals surface area contributed by atoms with Crippen LogP contribution in [0.1, 0.15) is 15.2 Å². The van der Waals surface area contributed by atoms with Gasteiger partial charge in [0.1, 0.15) is 11.5 Å². The molecule has 1 amide bonds. The first kappa shape index (κ1) is 20.6. The highest BCUT2D eigenvalue weighted by Crippen LogP contribution is 2.30. The second-order valence-corrected chi connectivity index (χ2v) is 8.02. The van der Waals surface area contributed by atoms with Gasteiger partial charge in [-0.1, -0.05) is 18.2 Å². The van der Waals surface area contributed by atoms with Gasteiger partial charge in [-0.25, -0.2) is 0 Å². The minimum Gasteiger partial charge on any atom is -0.497 e. The monoisotopic (exact) mass is 430 g/mol. The van der Waals surface area contributed by atoms with Crippen molar-refractivity contribution in [2.45, 2.75) is 6.92 Å². The molecule has 1 aromatic heterocycles. The second kappa shape index (κ2) is 9.02. The number of aryl methyl sites for hydroxylation is 1. The van der Waals surface area contributed by atoms with Crippen LogP contribution < -0.4 is 14.3 Å². The van der Waals surface area contributed by atoms with Crippen molar-refractivity contribution in [2.24, 2.45) is 4.99 Å². The molecule has 4 rings (SSSR count). The van der Waals surface area contributed by atoms with Crippen LogP contribution in [0.25, 0.3) is 16.9 Å². The Bertz CT molecular complexity index is 1260. The lowest BCUT2D eigenvalue weighted by atomic mass is 10.1. The Labute approximate surface area is 184 Å². The Morgan fingerprint density at radius 1 is 0.839 bits per heavy atom. The van der Waals surface area contributed by atoms with Crippen molar-refractivity contribution in [1.29, 1.82) is 0 Å². The highest BCUT2D eigenvalue weighted by molar-refractivity contribution is 7.09. The number of ether oxygens (including phenoxy) is 2. The lowest BCUT2D eigenvalue weighted by molar-refractivity contribution is 0.0998. The first-order valence-electron chi connectivity index (χ1n) is 9.76. The van der Waals surface area contributed by atoms with Crippen LogP contribution >= 0.6 is 11.3 Å². The summed E-state index contributed by atoms with van der Waals surface area (Å²) in [6, 6.07) is 24.7. The summed E-state index contributed by atoms with van der Waals surface area (Å²) in [5, 5.41) is 0. The molecule has 6 heteroatoms. The first-order valence-corrected chi connectivity index (χ1v) is 10.6. The molecule has 0 saturated carbocycles. The van der Waals surface area contributed by atoms with Crippen molar-refractivity contribution in [3.05, 3.63) is 94.1 Å². The van der Waals surface area contributed by atoms with E-state index >= 15 is 0 Å². The van der Waals surface area contributed by atoms with Gasteiger partial charge in [-0.05, 0) is 73.2 Å². The van der Waals surface area contributed by atoms with Crippen LogP contribution in [-0.2, 0) is 0 Å². The molecule has 0 saturated heterocycles. The predicted octanol–water partition coefficient (Wildman–Crippen LogP) is 5.27. The van der Waals surface area contributed by atoms with Crippen molar-refractivity contribution >= 4 is 17.2 Å². The zero-order valence-electron chi connectivity index (χ0n) is 17.5. The molecule has 0 spiro atoms. The van der Waals surface area contributed by atoms with Gasteiger partial charge in [0.05, 0.1) is 19.9 Å². The zero-order chi connectivity index (χ0) is 21.8. The van der Waals surface area contributed by atoms with Gasteiger partial charge < -0.3 is 9.47 Å². The zero-order valence-corrected chi connectivity index (χ0v) is 18.3. The summed E-state index contributed by atoms with van der Waals surface area (Å²) in [6.45, 7) is 2.04. The van der Waals surface area contributed by atoms with Gasteiger partial charge in [0, 0.05) is 16.1 Å². The summed E-state index contributed by atoms with van der Waals surface area (Å²) < 4.78 is 12.6. The van der Waals surface area contributed by atoms with Crippen molar-refractivity contribution in [3.63, 3.8) is 0 Å². The van der Waals surface area contributed by atoms with Crippen LogP contribution in [0.4, 0.5) is 0 Å². The van der Waals surface area contributed by atoms with E-state index in [1.165, 1.54) is 11.3 Å². The average molecular weight is 431 g/mol. The molecule has 0 aliphatic carbocycles. The van der Waals surface area contributed by atoms with Gasteiger partial charge in [0.25, 0.3) is 5.91 Å². The van der Waals surface area contributed by atoms with Crippen LogP contribution in [0.15, 0.2) is 83.9 Å². The maximum Gasteiger partial charge on any atom is 0.279 e. The fourth-order valence-corrected chi connectivity index (χ4v) is 4.34. The summed E-state index contributed by atoms with van der Waals surface area (Å²) in [7, 11) is 3.29. The Kier molecular flexibility index (Phi) is 6.00. The van der Waals surface area contributed by atoms with Crippen LogP contribution in [-0.4, -0.2) is 24.7 Å².